The largest absolute Gasteiger partial charge is 0.478 e. The molecule has 0 aliphatic heterocycles. The van der Waals surface area contributed by atoms with Gasteiger partial charge in [-0.15, -0.1) is 0 Å². The van der Waals surface area contributed by atoms with Crippen LogP contribution in [0.2, 0.25) is 0 Å². The number of rotatable bonds is 3. The Bertz CT molecular complexity index is 699. The standard InChI is InChI=1S/C11H8F3N3O3S/c12-11(13,14)4-15-9(20)17-10-16-6-2-1-5(8(18)19)3-7(6)21-10/h1-3H,4H2,(H,18,19)(H2,15,16,17,20). The lowest BCUT2D eigenvalue weighted by Gasteiger charge is -2.07. The van der Waals surface area contributed by atoms with Crippen LogP contribution < -0.4 is 10.6 Å². The van der Waals surface area contributed by atoms with Crippen LogP contribution in [0.4, 0.5) is 23.1 Å². The number of fused-ring (bicyclic) bond motifs is 1. The maximum Gasteiger partial charge on any atom is 0.405 e. The predicted molar refractivity (Wildman–Crippen MR) is 69.7 cm³/mol. The average molecular weight is 319 g/mol. The first-order valence-corrected chi connectivity index (χ1v) is 6.32. The van der Waals surface area contributed by atoms with Crippen LogP contribution in [-0.2, 0) is 0 Å². The molecule has 0 aliphatic rings. The van der Waals surface area contributed by atoms with Gasteiger partial charge in [0.05, 0.1) is 15.8 Å². The van der Waals surface area contributed by atoms with Crippen molar-refractivity contribution in [1.29, 1.82) is 0 Å². The zero-order valence-corrected chi connectivity index (χ0v) is 11.0. The Balaban J connectivity index is 2.09. The van der Waals surface area contributed by atoms with Crippen LogP contribution in [0, 0.1) is 0 Å². The molecule has 6 nitrogen and oxygen atoms in total. The minimum Gasteiger partial charge on any atom is -0.478 e. The fraction of sp³-hybridized carbons (Fsp3) is 0.182. The second kappa shape index (κ2) is 5.56. The van der Waals surface area contributed by atoms with Crippen molar-refractivity contribution >= 4 is 38.7 Å². The Morgan fingerprint density at radius 3 is 2.67 bits per heavy atom. The summed E-state index contributed by atoms with van der Waals surface area (Å²) in [5.74, 6) is -1.11. The number of carboxylic acid groups (broad SMARTS) is 1. The molecule has 1 aromatic carbocycles. The third-order valence-electron chi connectivity index (χ3n) is 2.31. The Kier molecular flexibility index (Phi) is 3.98. The minimum atomic E-state index is -4.50. The SMILES string of the molecule is O=C(NCC(F)(F)F)Nc1nc2ccc(C(=O)O)cc2s1. The van der Waals surface area contributed by atoms with E-state index in [1.54, 1.807) is 5.32 Å². The smallest absolute Gasteiger partial charge is 0.405 e. The monoisotopic (exact) mass is 319 g/mol. The molecule has 112 valence electrons. The third-order valence-corrected chi connectivity index (χ3v) is 3.24. The molecule has 0 atom stereocenters. The summed E-state index contributed by atoms with van der Waals surface area (Å²) >= 11 is 0.963. The first-order valence-electron chi connectivity index (χ1n) is 5.50. The van der Waals surface area contributed by atoms with E-state index in [0.29, 0.717) is 10.2 Å². The van der Waals surface area contributed by atoms with Crippen molar-refractivity contribution in [2.75, 3.05) is 11.9 Å². The number of aromatic carboxylic acids is 1. The maximum absolute atomic E-state index is 11.9. The van der Waals surface area contributed by atoms with Gasteiger partial charge in [-0.2, -0.15) is 13.2 Å². The van der Waals surface area contributed by atoms with Crippen molar-refractivity contribution in [1.82, 2.24) is 10.3 Å². The van der Waals surface area contributed by atoms with E-state index in [9.17, 15) is 22.8 Å². The van der Waals surface area contributed by atoms with Crippen LogP contribution in [0.25, 0.3) is 10.2 Å². The van der Waals surface area contributed by atoms with Gasteiger partial charge in [-0.25, -0.2) is 14.6 Å². The second-order valence-corrected chi connectivity index (χ2v) is 4.96. The molecule has 0 unspecified atom stereocenters. The molecule has 3 N–H and O–H groups in total. The fourth-order valence-electron chi connectivity index (χ4n) is 1.43. The topological polar surface area (TPSA) is 91.3 Å². The fourth-order valence-corrected chi connectivity index (χ4v) is 2.33. The van der Waals surface area contributed by atoms with Crippen molar-refractivity contribution in [3.05, 3.63) is 23.8 Å². The molecule has 0 bridgehead atoms. The van der Waals surface area contributed by atoms with Crippen molar-refractivity contribution in [3.8, 4) is 0 Å². The highest BCUT2D eigenvalue weighted by atomic mass is 32.1. The molecular formula is C11H8F3N3O3S. The summed E-state index contributed by atoms with van der Waals surface area (Å²) in [7, 11) is 0. The number of carbonyl (C=O) groups excluding carboxylic acids is 1. The van der Waals surface area contributed by atoms with Gasteiger partial charge in [-0.1, -0.05) is 11.3 Å². The van der Waals surface area contributed by atoms with Gasteiger partial charge in [0.15, 0.2) is 5.13 Å². The number of halogens is 3. The molecule has 2 amide bonds. The summed E-state index contributed by atoms with van der Waals surface area (Å²) in [5.41, 5.74) is 0.496. The van der Waals surface area contributed by atoms with Crippen molar-refractivity contribution in [2.24, 2.45) is 0 Å². The van der Waals surface area contributed by atoms with Crippen LogP contribution in [0.5, 0.6) is 0 Å². The van der Waals surface area contributed by atoms with Gasteiger partial charge >= 0.3 is 18.2 Å². The van der Waals surface area contributed by atoms with Crippen LogP contribution in [0.1, 0.15) is 10.4 Å². The lowest BCUT2D eigenvalue weighted by Crippen LogP contribution is -2.36. The molecule has 0 radical (unpaired) electrons. The Morgan fingerprint density at radius 2 is 2.05 bits per heavy atom. The van der Waals surface area contributed by atoms with E-state index < -0.39 is 24.7 Å². The quantitative estimate of drug-likeness (QED) is 0.811. The first kappa shape index (κ1) is 15.0. The van der Waals surface area contributed by atoms with Gasteiger partial charge in [0.2, 0.25) is 0 Å². The third kappa shape index (κ3) is 4.05. The molecule has 0 aliphatic carbocycles. The number of urea groups is 1. The number of aromatic nitrogens is 1. The zero-order chi connectivity index (χ0) is 15.6. The van der Waals surface area contributed by atoms with E-state index >= 15 is 0 Å². The number of carbonyl (C=O) groups is 2. The van der Waals surface area contributed by atoms with E-state index in [1.807, 2.05) is 0 Å². The number of benzene rings is 1. The first-order chi connectivity index (χ1) is 9.74. The molecule has 1 aromatic heterocycles. The number of thiazole rings is 1. The van der Waals surface area contributed by atoms with Gasteiger partial charge < -0.3 is 10.4 Å². The molecule has 0 spiro atoms. The summed E-state index contributed by atoms with van der Waals surface area (Å²) in [6.45, 7) is -1.45. The van der Waals surface area contributed by atoms with E-state index in [2.05, 4.69) is 10.3 Å². The van der Waals surface area contributed by atoms with Crippen LogP contribution in [0.15, 0.2) is 18.2 Å². The summed E-state index contributed by atoms with van der Waals surface area (Å²) < 4.78 is 36.3. The summed E-state index contributed by atoms with van der Waals surface area (Å²) in [6.07, 6.45) is -4.50. The number of hydrogen-bond acceptors (Lipinski definition) is 4. The maximum atomic E-state index is 11.9. The Labute approximate surface area is 119 Å². The number of nitrogens with zero attached hydrogens (tertiary/aromatic N) is 1. The van der Waals surface area contributed by atoms with Crippen LogP contribution in [-0.4, -0.2) is 34.8 Å². The Morgan fingerprint density at radius 1 is 1.33 bits per heavy atom. The molecular weight excluding hydrogens is 311 g/mol. The average Bonchev–Trinajstić information content (AvgIpc) is 2.76. The lowest BCUT2D eigenvalue weighted by molar-refractivity contribution is -0.122. The molecule has 0 saturated heterocycles. The normalized spacial score (nSPS) is 11.4. The molecule has 1 heterocycles. The van der Waals surface area contributed by atoms with Crippen molar-refractivity contribution in [2.45, 2.75) is 6.18 Å². The number of carboxylic acids is 1. The molecule has 0 fully saturated rings. The summed E-state index contributed by atoms with van der Waals surface area (Å²) in [4.78, 5) is 26.0. The highest BCUT2D eigenvalue weighted by Gasteiger charge is 2.27. The van der Waals surface area contributed by atoms with Gasteiger partial charge in [0, 0.05) is 0 Å². The number of amides is 2. The van der Waals surface area contributed by atoms with Gasteiger partial charge in [-0.3, -0.25) is 5.32 Å². The van der Waals surface area contributed by atoms with Gasteiger partial charge in [0.1, 0.15) is 6.54 Å². The van der Waals surface area contributed by atoms with Crippen LogP contribution in [0.3, 0.4) is 0 Å². The van der Waals surface area contributed by atoms with E-state index in [1.165, 1.54) is 18.2 Å². The zero-order valence-electron chi connectivity index (χ0n) is 10.2. The van der Waals surface area contributed by atoms with Crippen LogP contribution >= 0.6 is 11.3 Å². The van der Waals surface area contributed by atoms with Gasteiger partial charge in [-0.05, 0) is 18.2 Å². The number of alkyl halides is 3. The van der Waals surface area contributed by atoms with E-state index in [0.717, 1.165) is 11.3 Å². The lowest BCUT2D eigenvalue weighted by atomic mass is 10.2. The summed E-state index contributed by atoms with van der Waals surface area (Å²) in [5, 5.41) is 12.7. The predicted octanol–water partition coefficient (Wildman–Crippen LogP) is 2.68. The van der Waals surface area contributed by atoms with Gasteiger partial charge in [0.25, 0.3) is 0 Å². The highest BCUT2D eigenvalue weighted by Crippen LogP contribution is 2.26. The van der Waals surface area contributed by atoms with E-state index in [4.69, 9.17) is 5.11 Å². The second-order valence-electron chi connectivity index (χ2n) is 3.93. The molecule has 2 aromatic rings. The molecule has 10 heteroatoms. The number of nitrogens with one attached hydrogen (secondary N) is 2. The van der Waals surface area contributed by atoms with E-state index in [-0.39, 0.29) is 10.7 Å². The molecule has 0 saturated carbocycles. The number of hydrogen-bond donors (Lipinski definition) is 3. The molecule has 2 rings (SSSR count). The summed E-state index contributed by atoms with van der Waals surface area (Å²) in [6, 6.07) is 3.13. The Hall–Kier alpha value is -2.36. The van der Waals surface area contributed by atoms with Crippen molar-refractivity contribution in [3.63, 3.8) is 0 Å². The molecule has 21 heavy (non-hydrogen) atoms. The highest BCUT2D eigenvalue weighted by molar-refractivity contribution is 7.22. The van der Waals surface area contributed by atoms with Crippen molar-refractivity contribution < 1.29 is 27.9 Å². The minimum absolute atomic E-state index is 0.0548. The number of anilines is 1.